The molecule has 1 aromatic heterocycles. The standard InChI is InChI=1S/C15H21N3O2/c1-3-12-5-4-6-15(7-12)20-11-14(19)9-16-13-8-17-18(2)10-13/h4-8,10,14,16,19H,3,9,11H2,1-2H3. The lowest BCUT2D eigenvalue weighted by atomic mass is 10.2. The van der Waals surface area contributed by atoms with Gasteiger partial charge in [0.15, 0.2) is 0 Å². The zero-order valence-electron chi connectivity index (χ0n) is 11.9. The van der Waals surface area contributed by atoms with Crippen LogP contribution in [-0.4, -0.2) is 34.1 Å². The van der Waals surface area contributed by atoms with Gasteiger partial charge < -0.3 is 15.2 Å². The van der Waals surface area contributed by atoms with Crippen LogP contribution >= 0.6 is 0 Å². The van der Waals surface area contributed by atoms with Gasteiger partial charge in [-0.1, -0.05) is 19.1 Å². The third kappa shape index (κ3) is 4.28. The third-order valence-electron chi connectivity index (χ3n) is 3.00. The first-order valence-electron chi connectivity index (χ1n) is 6.79. The molecule has 2 rings (SSSR count). The Morgan fingerprint density at radius 2 is 2.30 bits per heavy atom. The second-order valence-corrected chi connectivity index (χ2v) is 4.75. The molecule has 0 aliphatic carbocycles. The summed E-state index contributed by atoms with van der Waals surface area (Å²) in [5.41, 5.74) is 2.12. The van der Waals surface area contributed by atoms with E-state index in [1.165, 1.54) is 5.56 Å². The van der Waals surface area contributed by atoms with Crippen molar-refractivity contribution in [1.29, 1.82) is 0 Å². The van der Waals surface area contributed by atoms with Gasteiger partial charge >= 0.3 is 0 Å². The number of nitrogens with zero attached hydrogens (tertiary/aromatic N) is 2. The van der Waals surface area contributed by atoms with Crippen LogP contribution in [-0.2, 0) is 13.5 Å². The molecule has 5 nitrogen and oxygen atoms in total. The Morgan fingerprint density at radius 1 is 1.45 bits per heavy atom. The minimum Gasteiger partial charge on any atom is -0.491 e. The maximum Gasteiger partial charge on any atom is 0.119 e. The van der Waals surface area contributed by atoms with E-state index in [4.69, 9.17) is 4.74 Å². The molecular weight excluding hydrogens is 254 g/mol. The van der Waals surface area contributed by atoms with E-state index in [0.29, 0.717) is 6.54 Å². The summed E-state index contributed by atoms with van der Waals surface area (Å²) in [5.74, 6) is 0.796. The van der Waals surface area contributed by atoms with Crippen LogP contribution < -0.4 is 10.1 Å². The molecule has 2 N–H and O–H groups in total. The molecule has 1 unspecified atom stereocenters. The van der Waals surface area contributed by atoms with Crippen LogP contribution in [0.1, 0.15) is 12.5 Å². The molecule has 1 aromatic carbocycles. The van der Waals surface area contributed by atoms with E-state index in [1.54, 1.807) is 10.9 Å². The second kappa shape index (κ2) is 6.96. The first-order valence-corrected chi connectivity index (χ1v) is 6.79. The molecule has 0 fully saturated rings. The molecule has 0 saturated heterocycles. The molecule has 0 spiro atoms. The van der Waals surface area contributed by atoms with Gasteiger partial charge in [-0.05, 0) is 24.1 Å². The van der Waals surface area contributed by atoms with Gasteiger partial charge in [0.1, 0.15) is 18.5 Å². The Bertz CT molecular complexity index is 539. The van der Waals surface area contributed by atoms with Crippen molar-refractivity contribution in [1.82, 2.24) is 9.78 Å². The molecular formula is C15H21N3O2. The summed E-state index contributed by atoms with van der Waals surface area (Å²) >= 11 is 0. The lowest BCUT2D eigenvalue weighted by Gasteiger charge is -2.13. The van der Waals surface area contributed by atoms with E-state index >= 15 is 0 Å². The highest BCUT2D eigenvalue weighted by Gasteiger charge is 2.06. The Labute approximate surface area is 119 Å². The summed E-state index contributed by atoms with van der Waals surface area (Å²) in [5, 5.41) is 17.0. The molecule has 0 saturated carbocycles. The van der Waals surface area contributed by atoms with Crippen molar-refractivity contribution in [3.63, 3.8) is 0 Å². The molecule has 1 heterocycles. The monoisotopic (exact) mass is 275 g/mol. The van der Waals surface area contributed by atoms with Gasteiger partial charge in [0.25, 0.3) is 0 Å². The summed E-state index contributed by atoms with van der Waals surface area (Å²) in [6, 6.07) is 7.93. The van der Waals surface area contributed by atoms with Crippen molar-refractivity contribution < 1.29 is 9.84 Å². The number of aryl methyl sites for hydroxylation is 2. The third-order valence-corrected chi connectivity index (χ3v) is 3.00. The molecule has 5 heteroatoms. The van der Waals surface area contributed by atoms with Crippen molar-refractivity contribution in [2.24, 2.45) is 7.05 Å². The van der Waals surface area contributed by atoms with Crippen molar-refractivity contribution in [2.45, 2.75) is 19.4 Å². The minimum atomic E-state index is -0.569. The fourth-order valence-electron chi connectivity index (χ4n) is 1.85. The van der Waals surface area contributed by atoms with Crippen LogP contribution in [0.4, 0.5) is 5.69 Å². The van der Waals surface area contributed by atoms with Crippen LogP contribution in [0, 0.1) is 0 Å². The van der Waals surface area contributed by atoms with Crippen molar-refractivity contribution in [2.75, 3.05) is 18.5 Å². The highest BCUT2D eigenvalue weighted by Crippen LogP contribution is 2.14. The average Bonchev–Trinajstić information content (AvgIpc) is 2.89. The molecule has 0 bridgehead atoms. The number of aliphatic hydroxyl groups is 1. The van der Waals surface area contributed by atoms with Gasteiger partial charge in [-0.2, -0.15) is 5.10 Å². The predicted octanol–water partition coefficient (Wildman–Crippen LogP) is 1.83. The number of aliphatic hydroxyl groups excluding tert-OH is 1. The molecule has 0 radical (unpaired) electrons. The highest BCUT2D eigenvalue weighted by atomic mass is 16.5. The first kappa shape index (κ1) is 14.4. The van der Waals surface area contributed by atoms with Crippen LogP contribution in [0.3, 0.4) is 0 Å². The molecule has 108 valence electrons. The van der Waals surface area contributed by atoms with E-state index in [-0.39, 0.29) is 6.61 Å². The van der Waals surface area contributed by atoms with Gasteiger partial charge in [-0.3, -0.25) is 4.68 Å². The van der Waals surface area contributed by atoms with Crippen molar-refractivity contribution >= 4 is 5.69 Å². The SMILES string of the molecule is CCc1cccc(OCC(O)CNc2cnn(C)c2)c1. The molecule has 1 atom stereocenters. The number of aromatic nitrogens is 2. The number of rotatable bonds is 7. The average molecular weight is 275 g/mol. The summed E-state index contributed by atoms with van der Waals surface area (Å²) < 4.78 is 7.30. The summed E-state index contributed by atoms with van der Waals surface area (Å²) in [4.78, 5) is 0. The van der Waals surface area contributed by atoms with E-state index in [2.05, 4.69) is 23.4 Å². The largest absolute Gasteiger partial charge is 0.491 e. The fourth-order valence-corrected chi connectivity index (χ4v) is 1.85. The highest BCUT2D eigenvalue weighted by molar-refractivity contribution is 5.38. The van der Waals surface area contributed by atoms with Gasteiger partial charge in [-0.25, -0.2) is 0 Å². The maximum absolute atomic E-state index is 9.89. The zero-order chi connectivity index (χ0) is 14.4. The minimum absolute atomic E-state index is 0.264. The first-order chi connectivity index (χ1) is 9.67. The van der Waals surface area contributed by atoms with Crippen LogP contribution in [0.25, 0.3) is 0 Å². The Hall–Kier alpha value is -2.01. The van der Waals surface area contributed by atoms with Crippen molar-refractivity contribution in [3.8, 4) is 5.75 Å². The van der Waals surface area contributed by atoms with Crippen LogP contribution in [0.15, 0.2) is 36.7 Å². The van der Waals surface area contributed by atoms with Gasteiger partial charge in [0.2, 0.25) is 0 Å². The molecule has 0 aliphatic heterocycles. The Kier molecular flexibility index (Phi) is 5.01. The van der Waals surface area contributed by atoms with Gasteiger partial charge in [0.05, 0.1) is 11.9 Å². The number of ether oxygens (including phenoxy) is 1. The lowest BCUT2D eigenvalue weighted by Crippen LogP contribution is -2.26. The fraction of sp³-hybridized carbons (Fsp3) is 0.400. The molecule has 20 heavy (non-hydrogen) atoms. The number of hydrogen-bond donors (Lipinski definition) is 2. The summed E-state index contributed by atoms with van der Waals surface area (Å²) in [6.45, 7) is 2.80. The Morgan fingerprint density at radius 3 is 3.00 bits per heavy atom. The van der Waals surface area contributed by atoms with E-state index in [1.807, 2.05) is 31.4 Å². The maximum atomic E-state index is 9.89. The summed E-state index contributed by atoms with van der Waals surface area (Å²) in [7, 11) is 1.85. The quantitative estimate of drug-likeness (QED) is 0.809. The number of anilines is 1. The van der Waals surface area contributed by atoms with Crippen LogP contribution in [0.2, 0.25) is 0 Å². The Balaban J connectivity index is 1.75. The molecule has 2 aromatic rings. The molecule has 0 aliphatic rings. The van der Waals surface area contributed by atoms with Gasteiger partial charge in [0, 0.05) is 19.8 Å². The predicted molar refractivity (Wildman–Crippen MR) is 79.0 cm³/mol. The topological polar surface area (TPSA) is 59.3 Å². The van der Waals surface area contributed by atoms with E-state index < -0.39 is 6.10 Å². The number of hydrogen-bond acceptors (Lipinski definition) is 4. The van der Waals surface area contributed by atoms with E-state index in [0.717, 1.165) is 17.9 Å². The van der Waals surface area contributed by atoms with Gasteiger partial charge in [-0.15, -0.1) is 0 Å². The molecule has 0 amide bonds. The second-order valence-electron chi connectivity index (χ2n) is 4.75. The number of benzene rings is 1. The van der Waals surface area contributed by atoms with Crippen LogP contribution in [0.5, 0.6) is 5.75 Å². The zero-order valence-corrected chi connectivity index (χ0v) is 11.9. The van der Waals surface area contributed by atoms with Crippen molar-refractivity contribution in [3.05, 3.63) is 42.2 Å². The number of nitrogens with one attached hydrogen (secondary N) is 1. The normalized spacial score (nSPS) is 12.2. The smallest absolute Gasteiger partial charge is 0.119 e. The lowest BCUT2D eigenvalue weighted by molar-refractivity contribution is 0.117. The van der Waals surface area contributed by atoms with E-state index in [9.17, 15) is 5.11 Å². The summed E-state index contributed by atoms with van der Waals surface area (Å²) in [6.07, 6.45) is 3.99.